The van der Waals surface area contributed by atoms with Gasteiger partial charge in [-0.2, -0.15) is 0 Å². The van der Waals surface area contributed by atoms with Gasteiger partial charge in [-0.3, -0.25) is 9.69 Å². The lowest BCUT2D eigenvalue weighted by molar-refractivity contribution is -0.122. The minimum absolute atomic E-state index is 0.109. The summed E-state index contributed by atoms with van der Waals surface area (Å²) >= 11 is 0. The number of anilines is 1. The fourth-order valence-electron chi connectivity index (χ4n) is 2.92. The molecule has 4 N–H and O–H groups in total. The quantitative estimate of drug-likeness (QED) is 0.784. The highest BCUT2D eigenvalue weighted by atomic mass is 16.1. The van der Waals surface area contributed by atoms with E-state index < -0.39 is 0 Å². The van der Waals surface area contributed by atoms with Crippen LogP contribution in [0.4, 0.5) is 5.82 Å². The van der Waals surface area contributed by atoms with Crippen LogP contribution in [0.3, 0.4) is 0 Å². The van der Waals surface area contributed by atoms with E-state index in [4.69, 9.17) is 11.5 Å². The number of rotatable bonds is 5. The van der Waals surface area contributed by atoms with E-state index in [1.54, 1.807) is 6.33 Å². The first-order valence-corrected chi connectivity index (χ1v) is 7.11. The molecule has 1 amide bonds. The Morgan fingerprint density at radius 3 is 3.00 bits per heavy atom. The highest BCUT2D eigenvalue weighted by Crippen LogP contribution is 2.18. The van der Waals surface area contributed by atoms with E-state index in [-0.39, 0.29) is 11.9 Å². The smallest absolute Gasteiger partial charge is 0.234 e. The average Bonchev–Trinajstić information content (AvgIpc) is 3.07. The molecule has 3 heterocycles. The zero-order chi connectivity index (χ0) is 14.8. The number of nitrogen functional groups attached to an aromatic ring is 1. The fourth-order valence-corrected chi connectivity index (χ4v) is 2.92. The van der Waals surface area contributed by atoms with Gasteiger partial charge in [0.05, 0.1) is 12.4 Å². The number of nitrogens with zero attached hydrogens (tertiary/aromatic N) is 5. The summed E-state index contributed by atoms with van der Waals surface area (Å²) in [6.45, 7) is 2.55. The van der Waals surface area contributed by atoms with Crippen LogP contribution in [0.2, 0.25) is 0 Å². The Morgan fingerprint density at radius 1 is 1.33 bits per heavy atom. The van der Waals surface area contributed by atoms with E-state index in [0.717, 1.165) is 44.5 Å². The molecular formula is C13H19N7O. The van der Waals surface area contributed by atoms with Crippen LogP contribution in [0.25, 0.3) is 11.2 Å². The monoisotopic (exact) mass is 289 g/mol. The summed E-state index contributed by atoms with van der Waals surface area (Å²) in [4.78, 5) is 25.9. The van der Waals surface area contributed by atoms with Crippen LogP contribution in [0.1, 0.15) is 19.3 Å². The number of primary amides is 1. The Balaban J connectivity index is 1.62. The van der Waals surface area contributed by atoms with E-state index in [9.17, 15) is 4.79 Å². The largest absolute Gasteiger partial charge is 0.382 e. The molecule has 1 aliphatic heterocycles. The Kier molecular flexibility index (Phi) is 3.70. The first kappa shape index (κ1) is 13.7. The van der Waals surface area contributed by atoms with Crippen molar-refractivity contribution in [2.24, 2.45) is 5.73 Å². The van der Waals surface area contributed by atoms with Crippen LogP contribution in [-0.2, 0) is 11.3 Å². The number of carbonyl (C=O) groups excluding carboxylic acids is 1. The first-order chi connectivity index (χ1) is 10.2. The molecule has 1 atom stereocenters. The molecule has 0 saturated carbocycles. The molecule has 0 spiro atoms. The summed E-state index contributed by atoms with van der Waals surface area (Å²) in [5, 5.41) is 0. The number of likely N-dealkylation sites (tertiary alicyclic amines) is 1. The number of nitrogens with two attached hydrogens (primary N) is 2. The summed E-state index contributed by atoms with van der Waals surface area (Å²) in [5.74, 6) is 0.174. The Labute approximate surface area is 122 Å². The topological polar surface area (TPSA) is 116 Å². The summed E-state index contributed by atoms with van der Waals surface area (Å²) in [5.41, 5.74) is 12.6. The van der Waals surface area contributed by atoms with Gasteiger partial charge in [0, 0.05) is 13.1 Å². The summed E-state index contributed by atoms with van der Waals surface area (Å²) in [6.07, 6.45) is 5.97. The van der Waals surface area contributed by atoms with Crippen LogP contribution in [0.15, 0.2) is 12.7 Å². The zero-order valence-electron chi connectivity index (χ0n) is 11.8. The number of aryl methyl sites for hydroxylation is 1. The van der Waals surface area contributed by atoms with Crippen LogP contribution < -0.4 is 11.5 Å². The SMILES string of the molecule is NC(=O)C1CCCN1CCCn1cnc2c(N)ncnc21. The highest BCUT2D eigenvalue weighted by Gasteiger charge is 2.28. The van der Waals surface area contributed by atoms with Gasteiger partial charge in [-0.15, -0.1) is 0 Å². The molecule has 0 radical (unpaired) electrons. The zero-order valence-corrected chi connectivity index (χ0v) is 11.8. The van der Waals surface area contributed by atoms with Crippen LogP contribution >= 0.6 is 0 Å². The van der Waals surface area contributed by atoms with E-state index in [2.05, 4.69) is 19.9 Å². The van der Waals surface area contributed by atoms with Gasteiger partial charge >= 0.3 is 0 Å². The molecule has 0 bridgehead atoms. The second-order valence-electron chi connectivity index (χ2n) is 5.32. The van der Waals surface area contributed by atoms with Gasteiger partial charge in [-0.1, -0.05) is 0 Å². The molecule has 1 unspecified atom stereocenters. The summed E-state index contributed by atoms with van der Waals surface area (Å²) in [6, 6.07) is -0.109. The van der Waals surface area contributed by atoms with Gasteiger partial charge in [-0.05, 0) is 25.8 Å². The van der Waals surface area contributed by atoms with E-state index in [1.807, 2.05) is 4.57 Å². The Hall–Kier alpha value is -2.22. The molecular weight excluding hydrogens is 270 g/mol. The van der Waals surface area contributed by atoms with Crippen molar-refractivity contribution in [2.75, 3.05) is 18.8 Å². The van der Waals surface area contributed by atoms with Crippen LogP contribution in [0, 0.1) is 0 Å². The standard InChI is InChI=1S/C13H19N7O/c14-11-10-13(17-7-16-11)20(8-18-10)6-2-5-19-4-1-3-9(19)12(15)21/h7-9H,1-6H2,(H2,15,21)(H2,14,16,17). The number of hydrogen-bond donors (Lipinski definition) is 2. The van der Waals surface area contributed by atoms with Crippen molar-refractivity contribution in [2.45, 2.75) is 31.8 Å². The second-order valence-corrected chi connectivity index (χ2v) is 5.32. The lowest BCUT2D eigenvalue weighted by Gasteiger charge is -2.21. The van der Waals surface area contributed by atoms with Crippen molar-refractivity contribution >= 4 is 22.9 Å². The van der Waals surface area contributed by atoms with Crippen molar-refractivity contribution in [3.05, 3.63) is 12.7 Å². The third-order valence-electron chi connectivity index (χ3n) is 3.97. The van der Waals surface area contributed by atoms with Crippen LogP contribution in [-0.4, -0.2) is 49.5 Å². The van der Waals surface area contributed by atoms with Gasteiger partial charge in [0.2, 0.25) is 5.91 Å². The second kappa shape index (κ2) is 5.65. The normalized spacial score (nSPS) is 19.3. The third kappa shape index (κ3) is 2.66. The molecule has 1 aliphatic rings. The molecule has 21 heavy (non-hydrogen) atoms. The van der Waals surface area contributed by atoms with Crippen LogP contribution in [0.5, 0.6) is 0 Å². The molecule has 2 aromatic rings. The number of fused-ring (bicyclic) bond motifs is 1. The predicted octanol–water partition coefficient (Wildman–Crippen LogP) is -0.252. The van der Waals surface area contributed by atoms with Gasteiger partial charge in [0.15, 0.2) is 11.5 Å². The van der Waals surface area contributed by atoms with Crippen molar-refractivity contribution in [3.63, 3.8) is 0 Å². The number of carbonyl (C=O) groups is 1. The number of hydrogen-bond acceptors (Lipinski definition) is 6. The van der Waals surface area contributed by atoms with E-state index in [0.29, 0.717) is 11.3 Å². The Morgan fingerprint density at radius 2 is 2.19 bits per heavy atom. The molecule has 8 heteroatoms. The fraction of sp³-hybridized carbons (Fsp3) is 0.538. The number of imidazole rings is 1. The molecule has 1 fully saturated rings. The summed E-state index contributed by atoms with van der Waals surface area (Å²) in [7, 11) is 0. The molecule has 3 rings (SSSR count). The lowest BCUT2D eigenvalue weighted by atomic mass is 10.2. The maximum Gasteiger partial charge on any atom is 0.234 e. The number of amides is 1. The number of aromatic nitrogens is 4. The van der Waals surface area contributed by atoms with Crippen molar-refractivity contribution in [1.29, 1.82) is 0 Å². The maximum atomic E-state index is 11.4. The predicted molar refractivity (Wildman–Crippen MR) is 78.1 cm³/mol. The molecule has 0 aliphatic carbocycles. The Bertz CT molecular complexity index is 653. The minimum atomic E-state index is -0.221. The van der Waals surface area contributed by atoms with Gasteiger partial charge in [0.25, 0.3) is 0 Å². The third-order valence-corrected chi connectivity index (χ3v) is 3.97. The molecule has 8 nitrogen and oxygen atoms in total. The average molecular weight is 289 g/mol. The van der Waals surface area contributed by atoms with Crippen molar-refractivity contribution in [1.82, 2.24) is 24.4 Å². The molecule has 112 valence electrons. The van der Waals surface area contributed by atoms with Gasteiger partial charge in [-0.25, -0.2) is 15.0 Å². The molecule has 1 saturated heterocycles. The minimum Gasteiger partial charge on any atom is -0.382 e. The maximum absolute atomic E-state index is 11.4. The lowest BCUT2D eigenvalue weighted by Crippen LogP contribution is -2.40. The first-order valence-electron chi connectivity index (χ1n) is 7.11. The van der Waals surface area contributed by atoms with E-state index in [1.165, 1.54) is 6.33 Å². The van der Waals surface area contributed by atoms with Crippen molar-refractivity contribution < 1.29 is 4.79 Å². The molecule has 0 aromatic carbocycles. The summed E-state index contributed by atoms with van der Waals surface area (Å²) < 4.78 is 1.96. The van der Waals surface area contributed by atoms with Gasteiger partial charge in [0.1, 0.15) is 11.8 Å². The van der Waals surface area contributed by atoms with E-state index >= 15 is 0 Å². The van der Waals surface area contributed by atoms with Gasteiger partial charge < -0.3 is 16.0 Å². The highest BCUT2D eigenvalue weighted by molar-refractivity contribution is 5.81. The molecule has 2 aromatic heterocycles. The van der Waals surface area contributed by atoms with Crippen molar-refractivity contribution in [3.8, 4) is 0 Å².